The average Bonchev–Trinajstić information content (AvgIpc) is 3.34. The quantitative estimate of drug-likeness (QED) is 0.494. The number of halogens is 1. The minimum Gasteiger partial charge on any atom is -0.382 e. The molecule has 0 unspecified atom stereocenters. The molecule has 0 saturated carbocycles. The number of nitrogens with one attached hydrogen (secondary N) is 1. The molecule has 4 rings (SSSR count). The van der Waals surface area contributed by atoms with Crippen LogP contribution in [0.3, 0.4) is 0 Å². The summed E-state index contributed by atoms with van der Waals surface area (Å²) >= 11 is 0. The van der Waals surface area contributed by atoms with Crippen LogP contribution >= 0.6 is 0 Å². The Morgan fingerprint density at radius 1 is 1.27 bits per heavy atom. The fourth-order valence-electron chi connectivity index (χ4n) is 3.92. The average molecular weight is 454 g/mol. The van der Waals surface area contributed by atoms with Crippen molar-refractivity contribution < 1.29 is 18.4 Å². The van der Waals surface area contributed by atoms with Crippen LogP contribution in [0.2, 0.25) is 0 Å². The number of carbonyl (C=O) groups is 1. The highest BCUT2D eigenvalue weighted by Gasteiger charge is 2.27. The standard InChI is InChI=1S/C24H28FN5O3/c1-2-32-15-5-12-27-23(31)17-9-13-30(14-10-17)22-20(8-4-11-26-22)24-28-21(29-33-24)18-6-3-7-19(25)16-18/h3-4,6-8,11,16-17H,2,5,9-10,12-15H2,1H3,(H,27,31). The summed E-state index contributed by atoms with van der Waals surface area (Å²) in [5, 5.41) is 7.02. The van der Waals surface area contributed by atoms with E-state index < -0.39 is 0 Å². The van der Waals surface area contributed by atoms with E-state index in [-0.39, 0.29) is 17.6 Å². The van der Waals surface area contributed by atoms with Crippen molar-refractivity contribution in [2.45, 2.75) is 26.2 Å². The molecule has 1 aliphatic rings. The minimum atomic E-state index is -0.359. The van der Waals surface area contributed by atoms with E-state index in [9.17, 15) is 9.18 Å². The van der Waals surface area contributed by atoms with E-state index in [0.717, 1.165) is 25.1 Å². The topological polar surface area (TPSA) is 93.4 Å². The molecule has 0 aliphatic carbocycles. The van der Waals surface area contributed by atoms with Gasteiger partial charge < -0.3 is 19.5 Å². The molecule has 8 nitrogen and oxygen atoms in total. The van der Waals surface area contributed by atoms with Gasteiger partial charge in [0.2, 0.25) is 11.7 Å². The van der Waals surface area contributed by atoms with Gasteiger partial charge in [-0.25, -0.2) is 9.37 Å². The zero-order chi connectivity index (χ0) is 23.0. The summed E-state index contributed by atoms with van der Waals surface area (Å²) in [5.41, 5.74) is 1.26. The lowest BCUT2D eigenvalue weighted by molar-refractivity contribution is -0.125. The predicted octanol–water partition coefficient (Wildman–Crippen LogP) is 3.70. The van der Waals surface area contributed by atoms with Gasteiger partial charge in [-0.2, -0.15) is 4.98 Å². The SMILES string of the molecule is CCOCCCNC(=O)C1CCN(c2ncccc2-c2nc(-c3cccc(F)c3)no2)CC1. The third kappa shape index (κ3) is 5.73. The van der Waals surface area contributed by atoms with Crippen LogP contribution in [0.5, 0.6) is 0 Å². The highest BCUT2D eigenvalue weighted by molar-refractivity contribution is 5.79. The van der Waals surface area contributed by atoms with Crippen molar-refractivity contribution in [2.75, 3.05) is 37.7 Å². The van der Waals surface area contributed by atoms with E-state index in [4.69, 9.17) is 9.26 Å². The maximum Gasteiger partial charge on any atom is 0.261 e. The first-order chi connectivity index (χ1) is 16.2. The van der Waals surface area contributed by atoms with Gasteiger partial charge in [0.05, 0.1) is 5.56 Å². The van der Waals surface area contributed by atoms with Crippen LogP contribution in [0.25, 0.3) is 22.8 Å². The number of hydrogen-bond donors (Lipinski definition) is 1. The lowest BCUT2D eigenvalue weighted by Gasteiger charge is -2.32. The number of amides is 1. The molecule has 33 heavy (non-hydrogen) atoms. The summed E-state index contributed by atoms with van der Waals surface area (Å²) in [6, 6.07) is 9.76. The lowest BCUT2D eigenvalue weighted by Crippen LogP contribution is -2.41. The zero-order valence-electron chi connectivity index (χ0n) is 18.7. The normalized spacial score (nSPS) is 14.4. The Balaban J connectivity index is 1.39. The van der Waals surface area contributed by atoms with Crippen LogP contribution in [0.4, 0.5) is 10.2 Å². The van der Waals surface area contributed by atoms with Gasteiger partial charge in [0.25, 0.3) is 5.89 Å². The summed E-state index contributed by atoms with van der Waals surface area (Å²) in [6.07, 6.45) is 4.02. The number of pyridine rings is 1. The number of carbonyl (C=O) groups excluding carboxylic acids is 1. The van der Waals surface area contributed by atoms with Gasteiger partial charge in [0.15, 0.2) is 0 Å². The first-order valence-electron chi connectivity index (χ1n) is 11.3. The molecule has 1 aromatic carbocycles. The Bertz CT molecular complexity index is 1070. The van der Waals surface area contributed by atoms with Gasteiger partial charge in [-0.05, 0) is 50.5 Å². The fraction of sp³-hybridized carbons (Fsp3) is 0.417. The number of piperidine rings is 1. The molecule has 3 heterocycles. The third-order valence-electron chi connectivity index (χ3n) is 5.66. The Kier molecular flexibility index (Phi) is 7.62. The Hall–Kier alpha value is -3.33. The van der Waals surface area contributed by atoms with Gasteiger partial charge in [0.1, 0.15) is 11.6 Å². The maximum absolute atomic E-state index is 13.6. The zero-order valence-corrected chi connectivity index (χ0v) is 18.7. The summed E-state index contributed by atoms with van der Waals surface area (Å²) in [6.45, 7) is 5.35. The van der Waals surface area contributed by atoms with Crippen molar-refractivity contribution in [2.24, 2.45) is 5.92 Å². The van der Waals surface area contributed by atoms with Crippen molar-refractivity contribution in [3.63, 3.8) is 0 Å². The summed E-state index contributed by atoms with van der Waals surface area (Å²) in [7, 11) is 0. The molecule has 1 fully saturated rings. The molecule has 3 aromatic rings. The first kappa shape index (κ1) is 22.8. The summed E-state index contributed by atoms with van der Waals surface area (Å²) in [4.78, 5) is 23.6. The van der Waals surface area contributed by atoms with Crippen LogP contribution in [0.1, 0.15) is 26.2 Å². The van der Waals surface area contributed by atoms with Gasteiger partial charge >= 0.3 is 0 Å². The molecule has 9 heteroatoms. The molecule has 1 amide bonds. The smallest absolute Gasteiger partial charge is 0.261 e. The second kappa shape index (κ2) is 11.0. The van der Waals surface area contributed by atoms with Crippen molar-refractivity contribution in [3.05, 3.63) is 48.4 Å². The van der Waals surface area contributed by atoms with E-state index in [1.165, 1.54) is 12.1 Å². The Labute approximate surface area is 192 Å². The molecule has 1 N–H and O–H groups in total. The maximum atomic E-state index is 13.6. The number of benzene rings is 1. The van der Waals surface area contributed by atoms with Gasteiger partial charge in [0, 0.05) is 50.5 Å². The summed E-state index contributed by atoms with van der Waals surface area (Å²) < 4.78 is 24.3. The Morgan fingerprint density at radius 3 is 2.91 bits per heavy atom. The number of hydrogen-bond acceptors (Lipinski definition) is 7. The molecule has 174 valence electrons. The van der Waals surface area contributed by atoms with E-state index in [2.05, 4.69) is 25.3 Å². The van der Waals surface area contributed by atoms with E-state index in [0.29, 0.717) is 55.7 Å². The molecule has 2 aromatic heterocycles. The van der Waals surface area contributed by atoms with E-state index >= 15 is 0 Å². The number of nitrogens with zero attached hydrogens (tertiary/aromatic N) is 4. The molecule has 0 atom stereocenters. The number of rotatable bonds is 9. The molecular weight excluding hydrogens is 425 g/mol. The largest absolute Gasteiger partial charge is 0.382 e. The predicted molar refractivity (Wildman–Crippen MR) is 122 cm³/mol. The second-order valence-corrected chi connectivity index (χ2v) is 7.91. The lowest BCUT2D eigenvalue weighted by atomic mass is 9.95. The molecule has 0 spiro atoms. The van der Waals surface area contributed by atoms with E-state index in [1.54, 1.807) is 18.3 Å². The highest BCUT2D eigenvalue weighted by Crippen LogP contribution is 2.32. The minimum absolute atomic E-state index is 0.0107. The molecule has 1 aliphatic heterocycles. The fourth-order valence-corrected chi connectivity index (χ4v) is 3.92. The monoisotopic (exact) mass is 453 g/mol. The van der Waals surface area contributed by atoms with Crippen LogP contribution in [0, 0.1) is 11.7 Å². The van der Waals surface area contributed by atoms with Crippen LogP contribution < -0.4 is 10.2 Å². The molecular formula is C24H28FN5O3. The van der Waals surface area contributed by atoms with Crippen molar-refractivity contribution in [3.8, 4) is 22.8 Å². The van der Waals surface area contributed by atoms with Crippen molar-refractivity contribution in [1.29, 1.82) is 0 Å². The highest BCUT2D eigenvalue weighted by atomic mass is 19.1. The van der Waals surface area contributed by atoms with E-state index in [1.807, 2.05) is 19.1 Å². The number of ether oxygens (including phenoxy) is 1. The molecule has 1 saturated heterocycles. The summed E-state index contributed by atoms with van der Waals surface area (Å²) in [5.74, 6) is 1.11. The van der Waals surface area contributed by atoms with Crippen LogP contribution in [0.15, 0.2) is 47.1 Å². The van der Waals surface area contributed by atoms with Crippen molar-refractivity contribution in [1.82, 2.24) is 20.4 Å². The number of aromatic nitrogens is 3. The molecule has 0 radical (unpaired) electrons. The first-order valence-corrected chi connectivity index (χ1v) is 11.3. The van der Waals surface area contributed by atoms with Crippen LogP contribution in [-0.4, -0.2) is 53.9 Å². The second-order valence-electron chi connectivity index (χ2n) is 7.91. The Morgan fingerprint density at radius 2 is 2.12 bits per heavy atom. The van der Waals surface area contributed by atoms with Gasteiger partial charge in [-0.3, -0.25) is 4.79 Å². The van der Waals surface area contributed by atoms with Gasteiger partial charge in [-0.1, -0.05) is 17.3 Å². The molecule has 0 bridgehead atoms. The van der Waals surface area contributed by atoms with Crippen molar-refractivity contribution >= 4 is 11.7 Å². The van der Waals surface area contributed by atoms with Gasteiger partial charge in [-0.15, -0.1) is 0 Å². The number of anilines is 1. The van der Waals surface area contributed by atoms with Crippen LogP contribution in [-0.2, 0) is 9.53 Å². The third-order valence-corrected chi connectivity index (χ3v) is 5.66.